The van der Waals surface area contributed by atoms with Crippen molar-refractivity contribution in [2.45, 2.75) is 58.3 Å². The zero-order valence-electron chi connectivity index (χ0n) is 23.2. The van der Waals surface area contributed by atoms with E-state index in [4.69, 9.17) is 14.2 Å². The molecule has 2 N–H and O–H groups in total. The van der Waals surface area contributed by atoms with E-state index in [1.807, 2.05) is 48.5 Å². The number of methoxy groups -OCH3 is 1. The Morgan fingerprint density at radius 1 is 1.15 bits per heavy atom. The van der Waals surface area contributed by atoms with E-state index in [-0.39, 0.29) is 19.1 Å². The Morgan fingerprint density at radius 3 is 2.60 bits per heavy atom. The smallest absolute Gasteiger partial charge is 0.408 e. The molecule has 0 radical (unpaired) electrons. The molecule has 1 aliphatic heterocycles. The number of nitrogens with zero attached hydrogens (tertiary/aromatic N) is 1. The Labute approximate surface area is 242 Å². The van der Waals surface area contributed by atoms with Crippen LogP contribution in [0.2, 0.25) is 0 Å². The van der Waals surface area contributed by atoms with Gasteiger partial charge in [-0.3, -0.25) is 9.59 Å². The highest BCUT2D eigenvalue weighted by Crippen LogP contribution is 2.36. The van der Waals surface area contributed by atoms with Crippen LogP contribution in [0.4, 0.5) is 10.5 Å². The predicted octanol–water partition coefficient (Wildman–Crippen LogP) is 5.32. The first-order valence-electron chi connectivity index (χ1n) is 13.1. The third-order valence-corrected chi connectivity index (χ3v) is 6.94. The molecule has 0 fully saturated rings. The van der Waals surface area contributed by atoms with Crippen molar-refractivity contribution in [1.29, 1.82) is 0 Å². The second kappa shape index (κ2) is 12.2. The molecule has 0 aliphatic carbocycles. The van der Waals surface area contributed by atoms with Crippen LogP contribution in [0.25, 0.3) is 10.8 Å². The molecule has 9 nitrogen and oxygen atoms in total. The van der Waals surface area contributed by atoms with Crippen molar-refractivity contribution in [2.24, 2.45) is 0 Å². The molecule has 212 valence electrons. The van der Waals surface area contributed by atoms with Gasteiger partial charge in [-0.25, -0.2) is 4.79 Å². The lowest BCUT2D eigenvalue weighted by Crippen LogP contribution is -2.55. The molecule has 0 spiro atoms. The molecule has 0 saturated heterocycles. The standard InChI is InChI=1S/C30H34BrN3O6/c1-6-22(33-29(37)40-30(2,3)4)27(35)32-23-17-39-26-10-8-7-9-24(26)34(28(23)36)16-21-20-13-12-19(31)15-18(20)11-14-25(21)38-5/h7-15,22-23H,6,16-17H2,1-5H3,(H,32,35)(H,33,37)/t22-,23-/m0/s1. The largest absolute Gasteiger partial charge is 0.496 e. The average Bonchev–Trinajstić information content (AvgIpc) is 3.03. The predicted molar refractivity (Wildman–Crippen MR) is 157 cm³/mol. The summed E-state index contributed by atoms with van der Waals surface area (Å²) in [5, 5.41) is 7.30. The summed E-state index contributed by atoms with van der Waals surface area (Å²) in [5.41, 5.74) is 0.689. The zero-order valence-corrected chi connectivity index (χ0v) is 24.8. The van der Waals surface area contributed by atoms with Crippen LogP contribution >= 0.6 is 15.9 Å². The van der Waals surface area contributed by atoms with Gasteiger partial charge in [0.1, 0.15) is 35.8 Å². The summed E-state index contributed by atoms with van der Waals surface area (Å²) in [6, 6.07) is 15.1. The van der Waals surface area contributed by atoms with Gasteiger partial charge < -0.3 is 29.7 Å². The van der Waals surface area contributed by atoms with Crippen molar-refractivity contribution < 1.29 is 28.6 Å². The number of hydrogen-bond donors (Lipinski definition) is 2. The lowest BCUT2D eigenvalue weighted by atomic mass is 10.0. The number of fused-ring (bicyclic) bond motifs is 2. The van der Waals surface area contributed by atoms with Crippen LogP contribution in [0.1, 0.15) is 39.7 Å². The maximum absolute atomic E-state index is 14.0. The molecule has 3 amide bonds. The Balaban J connectivity index is 1.64. The topological polar surface area (TPSA) is 106 Å². The van der Waals surface area contributed by atoms with Gasteiger partial charge in [0.2, 0.25) is 5.91 Å². The number of para-hydroxylation sites is 2. The molecule has 1 heterocycles. The highest BCUT2D eigenvalue weighted by atomic mass is 79.9. The molecule has 2 atom stereocenters. The van der Waals surface area contributed by atoms with Gasteiger partial charge in [0.05, 0.1) is 19.3 Å². The fraction of sp³-hybridized carbons (Fsp3) is 0.367. The van der Waals surface area contributed by atoms with Crippen molar-refractivity contribution in [2.75, 3.05) is 18.6 Å². The number of amides is 3. The Kier molecular flexibility index (Phi) is 8.88. The van der Waals surface area contributed by atoms with Crippen LogP contribution in [0.5, 0.6) is 11.5 Å². The van der Waals surface area contributed by atoms with E-state index >= 15 is 0 Å². The number of nitrogens with one attached hydrogen (secondary N) is 2. The van der Waals surface area contributed by atoms with Gasteiger partial charge >= 0.3 is 6.09 Å². The maximum Gasteiger partial charge on any atom is 0.408 e. The molecule has 3 aromatic carbocycles. The number of alkyl carbamates (subject to hydrolysis) is 1. The molecule has 4 rings (SSSR count). The zero-order chi connectivity index (χ0) is 29.0. The van der Waals surface area contributed by atoms with Gasteiger partial charge in [-0.2, -0.15) is 0 Å². The fourth-order valence-electron chi connectivity index (χ4n) is 4.55. The molecular weight excluding hydrogens is 578 g/mol. The lowest BCUT2D eigenvalue weighted by Gasteiger charge is -2.27. The summed E-state index contributed by atoms with van der Waals surface area (Å²) < 4.78 is 17.9. The first-order valence-corrected chi connectivity index (χ1v) is 13.9. The molecule has 0 aromatic heterocycles. The van der Waals surface area contributed by atoms with E-state index in [9.17, 15) is 14.4 Å². The molecular formula is C30H34BrN3O6. The van der Waals surface area contributed by atoms with E-state index in [0.717, 1.165) is 20.8 Å². The Morgan fingerprint density at radius 2 is 1.90 bits per heavy atom. The molecule has 40 heavy (non-hydrogen) atoms. The van der Waals surface area contributed by atoms with E-state index in [0.29, 0.717) is 23.6 Å². The molecule has 0 saturated carbocycles. The first-order chi connectivity index (χ1) is 19.0. The Bertz CT molecular complexity index is 1420. The van der Waals surface area contributed by atoms with Crippen LogP contribution in [0.15, 0.2) is 59.1 Å². The van der Waals surface area contributed by atoms with Crippen molar-refractivity contribution in [3.63, 3.8) is 0 Å². The second-order valence-electron chi connectivity index (χ2n) is 10.5. The highest BCUT2D eigenvalue weighted by molar-refractivity contribution is 9.10. The number of benzene rings is 3. The summed E-state index contributed by atoms with van der Waals surface area (Å²) >= 11 is 3.52. The number of rotatable bonds is 7. The minimum Gasteiger partial charge on any atom is -0.496 e. The number of carbonyl (C=O) groups excluding carboxylic acids is 3. The third kappa shape index (κ3) is 6.67. The van der Waals surface area contributed by atoms with Crippen molar-refractivity contribution in [1.82, 2.24) is 10.6 Å². The van der Waals surface area contributed by atoms with Gasteiger partial charge in [0.25, 0.3) is 5.91 Å². The monoisotopic (exact) mass is 611 g/mol. The molecule has 3 aromatic rings. The van der Waals surface area contributed by atoms with Crippen LogP contribution in [0, 0.1) is 0 Å². The third-order valence-electron chi connectivity index (χ3n) is 6.44. The number of ether oxygens (including phenoxy) is 3. The SMILES string of the molecule is CC[C@H](NC(=O)OC(C)(C)C)C(=O)N[C@H]1COc2ccccc2N(Cc2c(OC)ccc3cc(Br)ccc23)C1=O. The van der Waals surface area contributed by atoms with Gasteiger partial charge in [-0.05, 0) is 68.3 Å². The molecule has 0 bridgehead atoms. The molecule has 10 heteroatoms. The minimum atomic E-state index is -0.996. The summed E-state index contributed by atoms with van der Waals surface area (Å²) in [7, 11) is 1.59. The van der Waals surface area contributed by atoms with E-state index in [1.54, 1.807) is 45.8 Å². The van der Waals surface area contributed by atoms with Crippen LogP contribution in [-0.4, -0.2) is 49.3 Å². The first kappa shape index (κ1) is 29.2. The minimum absolute atomic E-state index is 0.0689. The van der Waals surface area contributed by atoms with E-state index in [1.165, 1.54) is 0 Å². The maximum atomic E-state index is 14.0. The van der Waals surface area contributed by atoms with Gasteiger partial charge in [-0.15, -0.1) is 0 Å². The summed E-state index contributed by atoms with van der Waals surface area (Å²) in [4.78, 5) is 41.2. The summed E-state index contributed by atoms with van der Waals surface area (Å²) in [5.74, 6) is 0.308. The second-order valence-corrected chi connectivity index (χ2v) is 11.4. The van der Waals surface area contributed by atoms with Gasteiger partial charge in [0.15, 0.2) is 0 Å². The van der Waals surface area contributed by atoms with Crippen molar-refractivity contribution in [3.05, 3.63) is 64.6 Å². The normalized spacial score (nSPS) is 15.9. The highest BCUT2D eigenvalue weighted by Gasteiger charge is 2.35. The van der Waals surface area contributed by atoms with Crippen LogP contribution < -0.4 is 25.0 Å². The molecule has 1 aliphatic rings. The van der Waals surface area contributed by atoms with Crippen molar-refractivity contribution in [3.8, 4) is 11.5 Å². The number of halogens is 1. The number of carbonyl (C=O) groups is 3. The summed E-state index contributed by atoms with van der Waals surface area (Å²) in [6.45, 7) is 7.10. The van der Waals surface area contributed by atoms with Crippen molar-refractivity contribution >= 4 is 50.3 Å². The number of hydrogen-bond acceptors (Lipinski definition) is 6. The number of anilines is 1. The average molecular weight is 613 g/mol. The van der Waals surface area contributed by atoms with Crippen LogP contribution in [0.3, 0.4) is 0 Å². The van der Waals surface area contributed by atoms with Gasteiger partial charge in [-0.1, -0.05) is 47.1 Å². The molecule has 0 unspecified atom stereocenters. The lowest BCUT2D eigenvalue weighted by molar-refractivity contribution is -0.129. The van der Waals surface area contributed by atoms with Crippen LogP contribution in [-0.2, 0) is 20.9 Å². The Hall–Kier alpha value is -3.79. The summed E-state index contributed by atoms with van der Waals surface area (Å²) in [6.07, 6.45) is -0.402. The quantitative estimate of drug-likeness (QED) is 0.374. The fourth-order valence-corrected chi connectivity index (χ4v) is 4.93. The van der Waals surface area contributed by atoms with Gasteiger partial charge in [0, 0.05) is 10.0 Å². The van der Waals surface area contributed by atoms with E-state index < -0.39 is 29.7 Å². The van der Waals surface area contributed by atoms with E-state index in [2.05, 4.69) is 26.6 Å².